The van der Waals surface area contributed by atoms with E-state index in [2.05, 4.69) is 4.99 Å². The fourth-order valence-electron chi connectivity index (χ4n) is 0.956. The van der Waals surface area contributed by atoms with Crippen LogP contribution in [0.3, 0.4) is 0 Å². The van der Waals surface area contributed by atoms with Crippen molar-refractivity contribution in [3.8, 4) is 0 Å². The standard InChI is InChI=1S/C5H8N2S/c6-5-7-2-3-1-4(3)8-5/h3-4H,1-2H2,(H2,6,7). The van der Waals surface area contributed by atoms with Crippen LogP contribution in [0.25, 0.3) is 0 Å². The number of nitrogens with zero attached hydrogens (tertiary/aromatic N) is 1. The van der Waals surface area contributed by atoms with Gasteiger partial charge in [0.2, 0.25) is 0 Å². The molecule has 0 aromatic carbocycles. The Kier molecular flexibility index (Phi) is 0.821. The number of aliphatic imine (C=N–C) groups is 1. The predicted molar refractivity (Wildman–Crippen MR) is 36.0 cm³/mol. The summed E-state index contributed by atoms with van der Waals surface area (Å²) in [6.07, 6.45) is 1.34. The van der Waals surface area contributed by atoms with Gasteiger partial charge in [0.05, 0.1) is 0 Å². The lowest BCUT2D eigenvalue weighted by molar-refractivity contribution is 0.848. The first-order valence-electron chi connectivity index (χ1n) is 2.83. The molecule has 0 saturated heterocycles. The minimum Gasteiger partial charge on any atom is -0.379 e. The van der Waals surface area contributed by atoms with E-state index in [1.807, 2.05) is 0 Å². The molecule has 2 aliphatic rings. The largest absolute Gasteiger partial charge is 0.379 e. The van der Waals surface area contributed by atoms with Crippen molar-refractivity contribution in [2.24, 2.45) is 16.6 Å². The molecule has 8 heavy (non-hydrogen) atoms. The third kappa shape index (κ3) is 0.616. The van der Waals surface area contributed by atoms with Crippen LogP contribution in [0.1, 0.15) is 6.42 Å². The Balaban J connectivity index is 2.10. The van der Waals surface area contributed by atoms with E-state index in [9.17, 15) is 0 Å². The molecule has 1 heterocycles. The van der Waals surface area contributed by atoms with Crippen molar-refractivity contribution in [1.82, 2.24) is 0 Å². The molecular weight excluding hydrogens is 120 g/mol. The van der Waals surface area contributed by atoms with Crippen molar-refractivity contribution < 1.29 is 0 Å². The van der Waals surface area contributed by atoms with Gasteiger partial charge >= 0.3 is 0 Å². The van der Waals surface area contributed by atoms with Gasteiger partial charge in [-0.05, 0) is 12.3 Å². The van der Waals surface area contributed by atoms with Crippen LogP contribution in [0.4, 0.5) is 0 Å². The molecule has 0 aromatic rings. The smallest absolute Gasteiger partial charge is 0.154 e. The SMILES string of the molecule is NC1=NCC2CC2S1. The molecule has 1 aliphatic carbocycles. The van der Waals surface area contributed by atoms with Crippen molar-refractivity contribution >= 4 is 16.9 Å². The lowest BCUT2D eigenvalue weighted by Crippen LogP contribution is -2.13. The van der Waals surface area contributed by atoms with E-state index in [0.717, 1.165) is 22.9 Å². The fourth-order valence-corrected chi connectivity index (χ4v) is 2.04. The summed E-state index contributed by atoms with van der Waals surface area (Å²) in [5.41, 5.74) is 5.46. The van der Waals surface area contributed by atoms with Crippen molar-refractivity contribution in [3.63, 3.8) is 0 Å². The number of nitrogens with two attached hydrogens (primary N) is 1. The molecule has 2 N–H and O–H groups in total. The summed E-state index contributed by atoms with van der Waals surface area (Å²) in [6, 6.07) is 0. The number of amidine groups is 1. The molecule has 0 amide bonds. The van der Waals surface area contributed by atoms with Crippen LogP contribution >= 0.6 is 11.8 Å². The average Bonchev–Trinajstić information content (AvgIpc) is 2.43. The molecule has 3 heteroatoms. The summed E-state index contributed by atoms with van der Waals surface area (Å²) in [4.78, 5) is 4.11. The van der Waals surface area contributed by atoms with Crippen LogP contribution in [0.2, 0.25) is 0 Å². The molecule has 1 saturated carbocycles. The van der Waals surface area contributed by atoms with E-state index in [1.54, 1.807) is 11.8 Å². The molecule has 1 aliphatic heterocycles. The monoisotopic (exact) mass is 128 g/mol. The van der Waals surface area contributed by atoms with Gasteiger partial charge in [-0.3, -0.25) is 4.99 Å². The minimum absolute atomic E-state index is 0.795. The van der Waals surface area contributed by atoms with Gasteiger partial charge in [0, 0.05) is 11.8 Å². The number of hydrogen-bond acceptors (Lipinski definition) is 3. The second-order valence-electron chi connectivity index (χ2n) is 2.33. The second kappa shape index (κ2) is 1.41. The summed E-state index contributed by atoms with van der Waals surface area (Å²) in [7, 11) is 0. The second-order valence-corrected chi connectivity index (χ2v) is 3.59. The van der Waals surface area contributed by atoms with E-state index < -0.39 is 0 Å². The highest BCUT2D eigenvalue weighted by Crippen LogP contribution is 2.44. The van der Waals surface area contributed by atoms with Crippen molar-refractivity contribution in [1.29, 1.82) is 0 Å². The van der Waals surface area contributed by atoms with Crippen molar-refractivity contribution in [3.05, 3.63) is 0 Å². The van der Waals surface area contributed by atoms with Gasteiger partial charge < -0.3 is 5.73 Å². The number of hydrogen-bond donors (Lipinski definition) is 1. The Morgan fingerprint density at radius 2 is 2.62 bits per heavy atom. The molecule has 2 nitrogen and oxygen atoms in total. The maximum atomic E-state index is 5.46. The zero-order valence-electron chi connectivity index (χ0n) is 4.50. The molecule has 2 rings (SSSR count). The maximum Gasteiger partial charge on any atom is 0.154 e. The topological polar surface area (TPSA) is 38.4 Å². The molecule has 0 bridgehead atoms. The quantitative estimate of drug-likeness (QED) is 0.514. The van der Waals surface area contributed by atoms with E-state index in [1.165, 1.54) is 6.42 Å². The van der Waals surface area contributed by atoms with E-state index in [-0.39, 0.29) is 0 Å². The van der Waals surface area contributed by atoms with Gasteiger partial charge in [-0.25, -0.2) is 0 Å². The highest BCUT2D eigenvalue weighted by Gasteiger charge is 2.40. The molecule has 2 unspecified atom stereocenters. The third-order valence-electron chi connectivity index (χ3n) is 1.61. The first-order valence-corrected chi connectivity index (χ1v) is 3.71. The lowest BCUT2D eigenvalue weighted by atomic mass is 10.4. The van der Waals surface area contributed by atoms with Gasteiger partial charge in [0.1, 0.15) is 0 Å². The van der Waals surface area contributed by atoms with E-state index in [4.69, 9.17) is 5.73 Å². The summed E-state index contributed by atoms with van der Waals surface area (Å²) < 4.78 is 0. The van der Waals surface area contributed by atoms with Gasteiger partial charge in [-0.15, -0.1) is 0 Å². The third-order valence-corrected chi connectivity index (χ3v) is 2.86. The Labute approximate surface area is 52.5 Å². The highest BCUT2D eigenvalue weighted by atomic mass is 32.2. The maximum absolute atomic E-state index is 5.46. The van der Waals surface area contributed by atoms with Crippen LogP contribution in [-0.2, 0) is 0 Å². The molecule has 0 spiro atoms. The molecular formula is C5H8N2S. The fraction of sp³-hybridized carbons (Fsp3) is 0.800. The molecule has 44 valence electrons. The van der Waals surface area contributed by atoms with Crippen LogP contribution in [0, 0.1) is 5.92 Å². The summed E-state index contributed by atoms with van der Waals surface area (Å²) in [5.74, 6) is 0.882. The average molecular weight is 128 g/mol. The first kappa shape index (κ1) is 4.68. The van der Waals surface area contributed by atoms with E-state index >= 15 is 0 Å². The highest BCUT2D eigenvalue weighted by molar-refractivity contribution is 8.14. The number of thioether (sulfide) groups is 1. The minimum atomic E-state index is 0.795. The number of rotatable bonds is 0. The summed E-state index contributed by atoms with van der Waals surface area (Å²) >= 11 is 1.74. The van der Waals surface area contributed by atoms with Crippen molar-refractivity contribution in [2.45, 2.75) is 11.7 Å². The summed E-state index contributed by atoms with van der Waals surface area (Å²) in [6.45, 7) is 0.990. The van der Waals surface area contributed by atoms with Crippen LogP contribution in [0.5, 0.6) is 0 Å². The molecule has 2 atom stereocenters. The normalized spacial score (nSPS) is 42.8. The van der Waals surface area contributed by atoms with Gasteiger partial charge in [-0.2, -0.15) is 0 Å². The number of fused-ring (bicyclic) bond motifs is 1. The molecule has 0 radical (unpaired) electrons. The van der Waals surface area contributed by atoms with Crippen molar-refractivity contribution in [2.75, 3.05) is 6.54 Å². The zero-order valence-corrected chi connectivity index (χ0v) is 5.32. The first-order chi connectivity index (χ1) is 3.86. The van der Waals surface area contributed by atoms with Crippen LogP contribution < -0.4 is 5.73 Å². The summed E-state index contributed by atoms with van der Waals surface area (Å²) in [5, 5.41) is 1.64. The lowest BCUT2D eigenvalue weighted by Gasteiger charge is -2.03. The van der Waals surface area contributed by atoms with Gasteiger partial charge in [-0.1, -0.05) is 11.8 Å². The Morgan fingerprint density at radius 3 is 3.25 bits per heavy atom. The predicted octanol–water partition coefficient (Wildman–Crippen LogP) is 0.436. The van der Waals surface area contributed by atoms with Crippen LogP contribution in [0.15, 0.2) is 4.99 Å². The van der Waals surface area contributed by atoms with Gasteiger partial charge in [0.15, 0.2) is 5.17 Å². The molecule has 1 fully saturated rings. The van der Waals surface area contributed by atoms with Gasteiger partial charge in [0.25, 0.3) is 0 Å². The van der Waals surface area contributed by atoms with E-state index in [0.29, 0.717) is 0 Å². The Hall–Kier alpha value is -0.180. The van der Waals surface area contributed by atoms with Crippen LogP contribution in [-0.4, -0.2) is 17.0 Å². The Morgan fingerprint density at radius 1 is 1.75 bits per heavy atom. The zero-order chi connectivity index (χ0) is 5.56. The Bertz CT molecular complexity index is 143. The molecule has 0 aromatic heterocycles.